The third-order valence-electron chi connectivity index (χ3n) is 2.44. The number of nitrogens with zero attached hydrogens (tertiary/aromatic N) is 1. The molecule has 0 bridgehead atoms. The van der Waals surface area contributed by atoms with Crippen LogP contribution in [0.5, 0.6) is 0 Å². The van der Waals surface area contributed by atoms with Gasteiger partial charge in [0.15, 0.2) is 0 Å². The topological polar surface area (TPSA) is 3.24 Å². The Bertz CT molecular complexity index is 527. The fraction of sp³-hybridized carbons (Fsp3) is 0.125. The van der Waals surface area contributed by atoms with E-state index in [-0.39, 0.29) is 0 Å². The Hall–Kier alpha value is -2.20. The molecular weight excluding hydrogens is 206 g/mol. The van der Waals surface area contributed by atoms with Gasteiger partial charge in [0, 0.05) is 30.9 Å². The molecule has 0 saturated heterocycles. The molecule has 0 aromatic heterocycles. The molecule has 0 fully saturated rings. The maximum atomic E-state index is 3.14. The summed E-state index contributed by atoms with van der Waals surface area (Å²) in [7, 11) is 4.06. The summed E-state index contributed by atoms with van der Waals surface area (Å²) in [6, 6.07) is 18.9. The molecule has 1 nitrogen and oxygen atoms in total. The van der Waals surface area contributed by atoms with Crippen LogP contribution >= 0.6 is 0 Å². The van der Waals surface area contributed by atoms with Crippen LogP contribution < -0.4 is 4.90 Å². The first-order valence-corrected chi connectivity index (χ1v) is 5.51. The molecule has 2 aromatic rings. The minimum atomic E-state index is 0.990. The molecule has 0 unspecified atom stereocenters. The van der Waals surface area contributed by atoms with Gasteiger partial charge in [-0.1, -0.05) is 24.0 Å². The highest BCUT2D eigenvalue weighted by Crippen LogP contribution is 2.11. The summed E-state index contributed by atoms with van der Waals surface area (Å²) >= 11 is 0. The van der Waals surface area contributed by atoms with Crippen molar-refractivity contribution < 1.29 is 0 Å². The summed E-state index contributed by atoms with van der Waals surface area (Å²) < 4.78 is 0. The van der Waals surface area contributed by atoms with Crippen molar-refractivity contribution >= 4 is 5.69 Å². The zero-order valence-electron chi connectivity index (χ0n) is 10.1. The van der Waals surface area contributed by atoms with Crippen molar-refractivity contribution in [3.8, 4) is 11.8 Å². The third-order valence-corrected chi connectivity index (χ3v) is 2.44. The fourth-order valence-corrected chi connectivity index (χ4v) is 1.46. The average molecular weight is 220 g/mol. The first kappa shape index (κ1) is 11.3. The number of benzene rings is 2. The Morgan fingerprint density at radius 2 is 1.65 bits per heavy atom. The monoisotopic (exact) mass is 220 g/mol. The summed E-state index contributed by atoms with van der Waals surface area (Å²) in [6.07, 6.45) is 0. The minimum absolute atomic E-state index is 0.990. The highest BCUT2D eigenvalue weighted by molar-refractivity contribution is 5.50. The van der Waals surface area contributed by atoms with E-state index in [1.165, 1.54) is 5.69 Å². The average Bonchev–Trinajstić information content (AvgIpc) is 2.38. The maximum absolute atomic E-state index is 3.14. The lowest BCUT2D eigenvalue weighted by Crippen LogP contribution is -2.07. The minimum Gasteiger partial charge on any atom is -0.378 e. The van der Waals surface area contributed by atoms with Crippen molar-refractivity contribution in [3.05, 3.63) is 65.7 Å². The highest BCUT2D eigenvalue weighted by Gasteiger charge is 1.93. The van der Waals surface area contributed by atoms with E-state index in [1.54, 1.807) is 0 Å². The molecule has 0 heterocycles. The first-order chi connectivity index (χ1) is 8.25. The predicted octanol–water partition coefficient (Wildman–Crippen LogP) is 2.95. The lowest BCUT2D eigenvalue weighted by atomic mass is 10.1. The van der Waals surface area contributed by atoms with E-state index in [2.05, 4.69) is 34.9 Å². The largest absolute Gasteiger partial charge is 0.378 e. The Balaban J connectivity index is 2.17. The van der Waals surface area contributed by atoms with Gasteiger partial charge in [-0.3, -0.25) is 0 Å². The van der Waals surface area contributed by atoms with Crippen LogP contribution in [0.3, 0.4) is 0 Å². The summed E-state index contributed by atoms with van der Waals surface area (Å²) in [5, 5.41) is 0. The normalized spacial score (nSPS) is 9.29. The zero-order valence-corrected chi connectivity index (χ0v) is 10.1. The molecule has 17 heavy (non-hydrogen) atoms. The van der Waals surface area contributed by atoms with Crippen LogP contribution in [-0.4, -0.2) is 14.1 Å². The Labute approximate surface area is 103 Å². The van der Waals surface area contributed by atoms with E-state index in [1.807, 2.05) is 50.5 Å². The molecule has 0 aliphatic rings. The molecule has 2 aromatic carbocycles. The lowest BCUT2D eigenvalue weighted by Gasteiger charge is -2.11. The van der Waals surface area contributed by atoms with Gasteiger partial charge in [-0.05, 0) is 42.5 Å². The summed E-state index contributed by atoms with van der Waals surface area (Å²) in [6.45, 7) is 0. The first-order valence-electron chi connectivity index (χ1n) is 5.51. The van der Waals surface area contributed by atoms with Crippen LogP contribution in [0.4, 0.5) is 5.69 Å². The van der Waals surface area contributed by atoms with Crippen LogP contribution in [0.1, 0.15) is 11.1 Å². The quantitative estimate of drug-likeness (QED) is 0.668. The molecule has 0 N–H and O–H groups in total. The second-order valence-corrected chi connectivity index (χ2v) is 3.98. The van der Waals surface area contributed by atoms with Crippen molar-refractivity contribution in [2.24, 2.45) is 0 Å². The summed E-state index contributed by atoms with van der Waals surface area (Å²) in [5.41, 5.74) is 3.20. The summed E-state index contributed by atoms with van der Waals surface area (Å²) in [4.78, 5) is 2.07. The smallest absolute Gasteiger partial charge is 0.0361 e. The van der Waals surface area contributed by atoms with Gasteiger partial charge in [0.1, 0.15) is 0 Å². The van der Waals surface area contributed by atoms with Crippen molar-refractivity contribution in [3.63, 3.8) is 0 Å². The van der Waals surface area contributed by atoms with Crippen LogP contribution in [0.15, 0.2) is 48.5 Å². The molecule has 2 rings (SSSR count). The second kappa shape index (κ2) is 5.23. The molecule has 1 radical (unpaired) electrons. The molecular formula is C16H14N. The van der Waals surface area contributed by atoms with Gasteiger partial charge in [-0.2, -0.15) is 0 Å². The SMILES string of the molecule is CN(C)c1ccc(C#Cc2c[c]ccc2)cc1. The standard InChI is InChI=1S/C16H14N/c1-17(2)16-12-10-15(11-13-16)9-8-14-6-4-3-5-7-14/h3-4,6-7,10-13H,1-2H3. The van der Waals surface area contributed by atoms with Crippen LogP contribution in [0, 0.1) is 17.9 Å². The molecule has 0 saturated carbocycles. The van der Waals surface area contributed by atoms with Gasteiger partial charge in [0.2, 0.25) is 0 Å². The number of hydrogen-bond acceptors (Lipinski definition) is 1. The van der Waals surface area contributed by atoms with Gasteiger partial charge >= 0.3 is 0 Å². The van der Waals surface area contributed by atoms with Gasteiger partial charge in [-0.15, -0.1) is 0 Å². The molecule has 83 valence electrons. The van der Waals surface area contributed by atoms with E-state index in [9.17, 15) is 0 Å². The van der Waals surface area contributed by atoms with Gasteiger partial charge in [0.05, 0.1) is 0 Å². The number of anilines is 1. The third kappa shape index (κ3) is 3.12. The molecule has 0 spiro atoms. The van der Waals surface area contributed by atoms with Crippen LogP contribution in [-0.2, 0) is 0 Å². The molecule has 0 atom stereocenters. The van der Waals surface area contributed by atoms with Crippen LogP contribution in [0.25, 0.3) is 0 Å². The molecule has 0 amide bonds. The van der Waals surface area contributed by atoms with Crippen LogP contribution in [0.2, 0.25) is 0 Å². The van der Waals surface area contributed by atoms with E-state index in [4.69, 9.17) is 0 Å². The van der Waals surface area contributed by atoms with E-state index in [0.717, 1.165) is 11.1 Å². The van der Waals surface area contributed by atoms with Gasteiger partial charge < -0.3 is 4.90 Å². The predicted molar refractivity (Wildman–Crippen MR) is 72.0 cm³/mol. The Morgan fingerprint density at radius 3 is 2.24 bits per heavy atom. The molecule has 0 aliphatic carbocycles. The second-order valence-electron chi connectivity index (χ2n) is 3.98. The fourth-order valence-electron chi connectivity index (χ4n) is 1.46. The highest BCUT2D eigenvalue weighted by atomic mass is 15.1. The van der Waals surface area contributed by atoms with Crippen molar-refractivity contribution in [1.82, 2.24) is 0 Å². The Morgan fingerprint density at radius 1 is 0.941 bits per heavy atom. The lowest BCUT2D eigenvalue weighted by molar-refractivity contribution is 1.13. The van der Waals surface area contributed by atoms with E-state index >= 15 is 0 Å². The van der Waals surface area contributed by atoms with Crippen molar-refractivity contribution in [1.29, 1.82) is 0 Å². The summed E-state index contributed by atoms with van der Waals surface area (Å²) in [5.74, 6) is 6.25. The van der Waals surface area contributed by atoms with Crippen molar-refractivity contribution in [2.75, 3.05) is 19.0 Å². The van der Waals surface area contributed by atoms with Crippen molar-refractivity contribution in [2.45, 2.75) is 0 Å². The number of hydrogen-bond donors (Lipinski definition) is 0. The van der Waals surface area contributed by atoms with Gasteiger partial charge in [-0.25, -0.2) is 0 Å². The maximum Gasteiger partial charge on any atom is 0.0361 e. The Kier molecular flexibility index (Phi) is 3.47. The van der Waals surface area contributed by atoms with E-state index in [0.29, 0.717) is 0 Å². The number of rotatable bonds is 1. The molecule has 1 heteroatoms. The zero-order chi connectivity index (χ0) is 12.1. The van der Waals surface area contributed by atoms with Gasteiger partial charge in [0.25, 0.3) is 0 Å². The molecule has 0 aliphatic heterocycles. The van der Waals surface area contributed by atoms with E-state index < -0.39 is 0 Å².